The summed E-state index contributed by atoms with van der Waals surface area (Å²) in [4.78, 5) is 46.2. The van der Waals surface area contributed by atoms with E-state index in [2.05, 4.69) is 27.5 Å². The van der Waals surface area contributed by atoms with Gasteiger partial charge < -0.3 is 20.9 Å². The SMILES string of the molecule is C=C1CN(C(=O)c2ccc(-c3ccccc3)cn2)C1[C@H](C)NC(=O)[C@@H](NC(=O)C1Cc2ccccc2N1)C(C)(C)C. The average molecular weight is 552 g/mol. The number of hydrogen-bond acceptors (Lipinski definition) is 5. The highest BCUT2D eigenvalue weighted by Crippen LogP contribution is 2.29. The van der Waals surface area contributed by atoms with Crippen LogP contribution in [0.25, 0.3) is 11.1 Å². The summed E-state index contributed by atoms with van der Waals surface area (Å²) < 4.78 is 0. The number of para-hydroxylation sites is 1. The largest absolute Gasteiger partial charge is 0.373 e. The van der Waals surface area contributed by atoms with E-state index >= 15 is 0 Å². The van der Waals surface area contributed by atoms with Gasteiger partial charge in [0, 0.05) is 30.4 Å². The Morgan fingerprint density at radius 2 is 1.68 bits per heavy atom. The minimum Gasteiger partial charge on any atom is -0.373 e. The molecule has 212 valence electrons. The number of carbonyl (C=O) groups excluding carboxylic acids is 3. The molecule has 1 aromatic heterocycles. The van der Waals surface area contributed by atoms with Crippen LogP contribution in [0.5, 0.6) is 0 Å². The van der Waals surface area contributed by atoms with Crippen molar-refractivity contribution in [2.75, 3.05) is 11.9 Å². The van der Waals surface area contributed by atoms with E-state index in [0.717, 1.165) is 28.0 Å². The number of carbonyl (C=O) groups is 3. The summed E-state index contributed by atoms with van der Waals surface area (Å²) >= 11 is 0. The van der Waals surface area contributed by atoms with Gasteiger partial charge in [0.15, 0.2) is 0 Å². The normalized spacial score (nSPS) is 19.3. The third kappa shape index (κ3) is 5.87. The van der Waals surface area contributed by atoms with Crippen LogP contribution in [0.2, 0.25) is 0 Å². The van der Waals surface area contributed by atoms with Crippen molar-refractivity contribution in [1.82, 2.24) is 20.5 Å². The predicted molar refractivity (Wildman–Crippen MR) is 160 cm³/mol. The van der Waals surface area contributed by atoms with Crippen LogP contribution < -0.4 is 16.0 Å². The van der Waals surface area contributed by atoms with Crippen LogP contribution in [-0.2, 0) is 16.0 Å². The lowest BCUT2D eigenvalue weighted by atomic mass is 9.85. The first kappa shape index (κ1) is 28.1. The predicted octanol–water partition coefficient (Wildman–Crippen LogP) is 4.20. The van der Waals surface area contributed by atoms with Crippen molar-refractivity contribution in [2.24, 2.45) is 5.41 Å². The van der Waals surface area contributed by atoms with Crippen LogP contribution in [0.15, 0.2) is 85.1 Å². The molecule has 8 heteroatoms. The summed E-state index contributed by atoms with van der Waals surface area (Å²) in [6.07, 6.45) is 2.27. The maximum Gasteiger partial charge on any atom is 0.273 e. The number of likely N-dealkylation sites (tertiary alicyclic amines) is 1. The third-order valence-electron chi connectivity index (χ3n) is 7.82. The van der Waals surface area contributed by atoms with Gasteiger partial charge in [-0.1, -0.05) is 81.9 Å². The molecule has 3 amide bonds. The molecule has 5 rings (SSSR count). The molecule has 0 radical (unpaired) electrons. The lowest BCUT2D eigenvalue weighted by Gasteiger charge is -2.46. The zero-order valence-corrected chi connectivity index (χ0v) is 24.0. The summed E-state index contributed by atoms with van der Waals surface area (Å²) in [7, 11) is 0. The lowest BCUT2D eigenvalue weighted by molar-refractivity contribution is -0.132. The summed E-state index contributed by atoms with van der Waals surface area (Å²) in [5, 5.41) is 9.28. The van der Waals surface area contributed by atoms with Gasteiger partial charge in [-0.15, -0.1) is 0 Å². The molecule has 8 nitrogen and oxygen atoms in total. The molecule has 0 bridgehead atoms. The van der Waals surface area contributed by atoms with Gasteiger partial charge in [0.1, 0.15) is 17.8 Å². The van der Waals surface area contributed by atoms with Crippen molar-refractivity contribution >= 4 is 23.4 Å². The summed E-state index contributed by atoms with van der Waals surface area (Å²) in [6.45, 7) is 12.1. The monoisotopic (exact) mass is 551 g/mol. The highest BCUT2D eigenvalue weighted by atomic mass is 16.2. The van der Waals surface area contributed by atoms with Crippen molar-refractivity contribution in [3.63, 3.8) is 0 Å². The molecule has 0 aliphatic carbocycles. The number of anilines is 1. The molecule has 4 atom stereocenters. The van der Waals surface area contributed by atoms with Crippen molar-refractivity contribution in [1.29, 1.82) is 0 Å². The van der Waals surface area contributed by atoms with Gasteiger partial charge in [0.05, 0.1) is 12.1 Å². The van der Waals surface area contributed by atoms with Crippen LogP contribution in [0.3, 0.4) is 0 Å². The van der Waals surface area contributed by atoms with E-state index in [1.54, 1.807) is 17.2 Å². The summed E-state index contributed by atoms with van der Waals surface area (Å²) in [5.74, 6) is -0.735. The first-order valence-corrected chi connectivity index (χ1v) is 14.0. The van der Waals surface area contributed by atoms with Gasteiger partial charge in [-0.25, -0.2) is 0 Å². The van der Waals surface area contributed by atoms with E-state index in [1.165, 1.54) is 0 Å². The van der Waals surface area contributed by atoms with Crippen molar-refractivity contribution in [3.8, 4) is 11.1 Å². The van der Waals surface area contributed by atoms with Crippen LogP contribution in [-0.4, -0.2) is 58.3 Å². The molecular weight excluding hydrogens is 514 g/mol. The van der Waals surface area contributed by atoms with E-state index in [-0.39, 0.29) is 23.8 Å². The highest BCUT2D eigenvalue weighted by Gasteiger charge is 2.43. The van der Waals surface area contributed by atoms with E-state index in [9.17, 15) is 14.4 Å². The number of pyridine rings is 1. The molecule has 0 saturated carbocycles. The quantitative estimate of drug-likeness (QED) is 0.382. The highest BCUT2D eigenvalue weighted by molar-refractivity contribution is 5.95. The van der Waals surface area contributed by atoms with E-state index in [1.807, 2.05) is 88.4 Å². The average Bonchev–Trinajstić information content (AvgIpc) is 3.38. The molecule has 41 heavy (non-hydrogen) atoms. The van der Waals surface area contributed by atoms with E-state index < -0.39 is 23.5 Å². The topological polar surface area (TPSA) is 103 Å². The van der Waals surface area contributed by atoms with Gasteiger partial charge in [0.2, 0.25) is 11.8 Å². The number of hydrogen-bond donors (Lipinski definition) is 3. The summed E-state index contributed by atoms with van der Waals surface area (Å²) in [6, 6.07) is 19.3. The minimum absolute atomic E-state index is 0.212. The zero-order chi connectivity index (χ0) is 29.3. The fourth-order valence-electron chi connectivity index (χ4n) is 5.57. The smallest absolute Gasteiger partial charge is 0.273 e. The Bertz CT molecular complexity index is 1440. The Labute approximate surface area is 241 Å². The molecule has 2 unspecified atom stereocenters. The molecule has 3 aromatic rings. The maximum absolute atomic E-state index is 13.5. The Morgan fingerprint density at radius 3 is 2.32 bits per heavy atom. The second-order valence-electron chi connectivity index (χ2n) is 12.0. The minimum atomic E-state index is -0.771. The number of benzene rings is 2. The van der Waals surface area contributed by atoms with Gasteiger partial charge in [-0.3, -0.25) is 19.4 Å². The Hall–Kier alpha value is -4.46. The second-order valence-corrected chi connectivity index (χ2v) is 12.0. The second kappa shape index (κ2) is 11.2. The fourth-order valence-corrected chi connectivity index (χ4v) is 5.57. The van der Waals surface area contributed by atoms with E-state index in [4.69, 9.17) is 0 Å². The first-order valence-electron chi connectivity index (χ1n) is 14.0. The number of amides is 3. The molecule has 3 heterocycles. The fraction of sp³-hybridized carbons (Fsp3) is 0.333. The standard InChI is InChI=1S/C33H37N5O3/c1-20-19-38(32(41)26-16-15-24(18-34-26)22-11-7-6-8-12-22)28(20)21(2)35-31(40)29(33(3,4)5)37-30(39)27-17-23-13-9-10-14-25(23)36-27/h6-16,18,21,27-29,36H,1,17,19H2,2-5H3,(H,35,40)(H,37,39)/t21-,27?,28?,29+/m0/s1. The van der Waals surface area contributed by atoms with Crippen LogP contribution in [0.1, 0.15) is 43.7 Å². The number of nitrogens with zero attached hydrogens (tertiary/aromatic N) is 2. The Balaban J connectivity index is 1.23. The number of rotatable bonds is 7. The van der Waals surface area contributed by atoms with Crippen LogP contribution in [0.4, 0.5) is 5.69 Å². The van der Waals surface area contributed by atoms with E-state index in [0.29, 0.717) is 18.7 Å². The third-order valence-corrected chi connectivity index (χ3v) is 7.82. The van der Waals surface area contributed by atoms with Gasteiger partial charge in [-0.05, 0) is 41.2 Å². The molecule has 0 spiro atoms. The van der Waals surface area contributed by atoms with Crippen molar-refractivity contribution < 1.29 is 14.4 Å². The molecule has 1 fully saturated rings. The number of aromatic nitrogens is 1. The Kier molecular flexibility index (Phi) is 7.67. The maximum atomic E-state index is 13.5. The van der Waals surface area contributed by atoms with Gasteiger partial charge >= 0.3 is 0 Å². The lowest BCUT2D eigenvalue weighted by Crippen LogP contribution is -2.64. The molecule has 2 aromatic carbocycles. The zero-order valence-electron chi connectivity index (χ0n) is 24.0. The van der Waals surface area contributed by atoms with Crippen molar-refractivity contribution in [3.05, 3.63) is 96.3 Å². The van der Waals surface area contributed by atoms with Gasteiger partial charge in [-0.2, -0.15) is 0 Å². The molecular formula is C33H37N5O3. The number of nitrogens with one attached hydrogen (secondary N) is 3. The molecule has 2 aliphatic heterocycles. The number of fused-ring (bicyclic) bond motifs is 1. The molecule has 2 aliphatic rings. The molecule has 3 N–H and O–H groups in total. The van der Waals surface area contributed by atoms with Crippen LogP contribution >= 0.6 is 0 Å². The van der Waals surface area contributed by atoms with Crippen molar-refractivity contribution in [2.45, 2.75) is 58.3 Å². The Morgan fingerprint density at radius 1 is 0.976 bits per heavy atom. The summed E-state index contributed by atoms with van der Waals surface area (Å²) in [5.41, 5.74) is 4.63. The first-order chi connectivity index (χ1) is 19.5. The molecule has 1 saturated heterocycles. The van der Waals surface area contributed by atoms with Gasteiger partial charge in [0.25, 0.3) is 5.91 Å². The van der Waals surface area contributed by atoms with Crippen LogP contribution in [0, 0.1) is 5.41 Å².